The number of nitrogens with zero attached hydrogens (tertiary/aromatic N) is 1. The molecule has 1 aromatic rings. The number of benzene rings is 1. The van der Waals surface area contributed by atoms with E-state index in [0.717, 1.165) is 0 Å². The maximum Gasteiger partial charge on any atom is 0.322 e. The third-order valence-electron chi connectivity index (χ3n) is 3.17. The van der Waals surface area contributed by atoms with E-state index in [2.05, 4.69) is 10.6 Å². The summed E-state index contributed by atoms with van der Waals surface area (Å²) >= 11 is 0. The fraction of sp³-hybridized carbons (Fsp3) is 0.357. The van der Waals surface area contributed by atoms with E-state index in [4.69, 9.17) is 5.11 Å². The topological polar surface area (TPSA) is 98.7 Å². The Labute approximate surface area is 121 Å². The average Bonchev–Trinajstić information content (AvgIpc) is 2.85. The summed E-state index contributed by atoms with van der Waals surface area (Å²) in [5.74, 6) is -1.07. The van der Waals surface area contributed by atoms with Crippen LogP contribution in [0, 0.1) is 0 Å². The second-order valence-corrected chi connectivity index (χ2v) is 4.79. The quantitative estimate of drug-likeness (QED) is 0.738. The van der Waals surface area contributed by atoms with E-state index in [1.54, 1.807) is 24.3 Å². The maximum absolute atomic E-state index is 12.3. The molecule has 0 saturated carbocycles. The first kappa shape index (κ1) is 14.8. The lowest BCUT2D eigenvalue weighted by molar-refractivity contribution is -0.136. The van der Waals surface area contributed by atoms with Crippen LogP contribution in [-0.2, 0) is 9.59 Å². The van der Waals surface area contributed by atoms with Crippen molar-refractivity contribution in [2.75, 3.05) is 18.0 Å². The van der Waals surface area contributed by atoms with Crippen LogP contribution in [0.25, 0.3) is 0 Å². The van der Waals surface area contributed by atoms with E-state index in [0.29, 0.717) is 12.2 Å². The number of para-hydroxylation sites is 1. The molecule has 0 radical (unpaired) electrons. The number of carbonyl (C=O) groups excluding carboxylic acids is 2. The number of aliphatic carboxylic acids is 1. The first-order valence-electron chi connectivity index (χ1n) is 6.68. The van der Waals surface area contributed by atoms with Crippen LogP contribution < -0.4 is 15.5 Å². The molecule has 3 amide bonds. The van der Waals surface area contributed by atoms with Gasteiger partial charge in [0.05, 0.1) is 12.5 Å². The normalized spacial score (nSPS) is 17.1. The van der Waals surface area contributed by atoms with Crippen molar-refractivity contribution in [1.29, 1.82) is 0 Å². The summed E-state index contributed by atoms with van der Waals surface area (Å²) in [7, 11) is 0. The molecule has 1 aliphatic rings. The Balaban J connectivity index is 2.05. The summed E-state index contributed by atoms with van der Waals surface area (Å²) in [6, 6.07) is 8.17. The van der Waals surface area contributed by atoms with Gasteiger partial charge in [-0.25, -0.2) is 4.79 Å². The molecule has 0 bridgehead atoms. The molecule has 7 heteroatoms. The number of hydrogen-bond acceptors (Lipinski definition) is 3. The van der Waals surface area contributed by atoms with Crippen LogP contribution in [0.15, 0.2) is 30.3 Å². The van der Waals surface area contributed by atoms with Gasteiger partial charge in [-0.2, -0.15) is 0 Å². The Bertz CT molecular complexity index is 532. The SMILES string of the molecule is O=C(O)CCN(C(=O)NC1CNC(=O)C1)c1ccccc1. The van der Waals surface area contributed by atoms with E-state index in [-0.39, 0.29) is 31.3 Å². The molecule has 21 heavy (non-hydrogen) atoms. The first-order chi connectivity index (χ1) is 10.1. The summed E-state index contributed by atoms with van der Waals surface area (Å²) in [5.41, 5.74) is 0.619. The predicted octanol–water partition coefficient (Wildman–Crippen LogP) is 0.566. The minimum absolute atomic E-state index is 0.0687. The highest BCUT2D eigenvalue weighted by molar-refractivity contribution is 5.93. The molecule has 1 unspecified atom stereocenters. The van der Waals surface area contributed by atoms with Gasteiger partial charge in [0.1, 0.15) is 0 Å². The summed E-state index contributed by atoms with van der Waals surface area (Å²) in [5, 5.41) is 14.2. The lowest BCUT2D eigenvalue weighted by Crippen LogP contribution is -2.46. The number of amides is 3. The van der Waals surface area contributed by atoms with Crippen molar-refractivity contribution < 1.29 is 19.5 Å². The third kappa shape index (κ3) is 4.20. The zero-order valence-corrected chi connectivity index (χ0v) is 11.4. The molecule has 7 nitrogen and oxygen atoms in total. The molecule has 0 aliphatic carbocycles. The van der Waals surface area contributed by atoms with Crippen molar-refractivity contribution >= 4 is 23.6 Å². The Kier molecular flexibility index (Phi) is 4.76. The molecule has 0 spiro atoms. The number of urea groups is 1. The monoisotopic (exact) mass is 291 g/mol. The molecule has 1 atom stereocenters. The van der Waals surface area contributed by atoms with E-state index in [1.165, 1.54) is 4.90 Å². The second-order valence-electron chi connectivity index (χ2n) is 4.79. The zero-order chi connectivity index (χ0) is 15.2. The number of carbonyl (C=O) groups is 3. The Morgan fingerprint density at radius 1 is 1.33 bits per heavy atom. The van der Waals surface area contributed by atoms with E-state index < -0.39 is 12.0 Å². The molecule has 0 aromatic heterocycles. The van der Waals surface area contributed by atoms with Crippen molar-refractivity contribution in [1.82, 2.24) is 10.6 Å². The van der Waals surface area contributed by atoms with Gasteiger partial charge in [-0.3, -0.25) is 14.5 Å². The molecule has 3 N–H and O–H groups in total. The van der Waals surface area contributed by atoms with Crippen LogP contribution in [0.5, 0.6) is 0 Å². The number of anilines is 1. The summed E-state index contributed by atoms with van der Waals surface area (Å²) in [6.45, 7) is 0.464. The molecule has 1 saturated heterocycles. The highest BCUT2D eigenvalue weighted by Gasteiger charge is 2.25. The van der Waals surface area contributed by atoms with Crippen LogP contribution in [0.2, 0.25) is 0 Å². The highest BCUT2D eigenvalue weighted by atomic mass is 16.4. The first-order valence-corrected chi connectivity index (χ1v) is 6.68. The largest absolute Gasteiger partial charge is 0.481 e. The second kappa shape index (κ2) is 6.74. The van der Waals surface area contributed by atoms with E-state index >= 15 is 0 Å². The molecular weight excluding hydrogens is 274 g/mol. The van der Waals surface area contributed by atoms with Crippen LogP contribution in [-0.4, -0.2) is 42.1 Å². The summed E-state index contributed by atoms with van der Waals surface area (Å²) in [4.78, 5) is 35.5. The minimum atomic E-state index is -0.971. The van der Waals surface area contributed by atoms with Gasteiger partial charge in [0, 0.05) is 25.2 Å². The van der Waals surface area contributed by atoms with Gasteiger partial charge in [-0.05, 0) is 12.1 Å². The number of carboxylic acid groups (broad SMARTS) is 1. The standard InChI is InChI=1S/C14H17N3O4/c18-12-8-10(9-15-12)16-14(21)17(7-6-13(19)20)11-4-2-1-3-5-11/h1-5,10H,6-9H2,(H,15,18)(H,16,21)(H,19,20). The van der Waals surface area contributed by atoms with Gasteiger partial charge in [0.2, 0.25) is 5.91 Å². The predicted molar refractivity (Wildman–Crippen MR) is 76.0 cm³/mol. The van der Waals surface area contributed by atoms with Crippen molar-refractivity contribution in [2.45, 2.75) is 18.9 Å². The average molecular weight is 291 g/mol. The smallest absolute Gasteiger partial charge is 0.322 e. The third-order valence-corrected chi connectivity index (χ3v) is 3.17. The van der Waals surface area contributed by atoms with Gasteiger partial charge in [-0.1, -0.05) is 18.2 Å². The molecule has 1 heterocycles. The van der Waals surface area contributed by atoms with Crippen molar-refractivity contribution in [3.05, 3.63) is 30.3 Å². The van der Waals surface area contributed by atoms with Crippen LogP contribution in [0.4, 0.5) is 10.5 Å². The molecule has 1 fully saturated rings. The Morgan fingerprint density at radius 2 is 2.05 bits per heavy atom. The van der Waals surface area contributed by atoms with Gasteiger partial charge >= 0.3 is 12.0 Å². The molecule has 112 valence electrons. The van der Waals surface area contributed by atoms with E-state index in [1.807, 2.05) is 6.07 Å². The van der Waals surface area contributed by atoms with Crippen LogP contribution in [0.3, 0.4) is 0 Å². The number of carboxylic acids is 1. The van der Waals surface area contributed by atoms with Gasteiger partial charge in [0.15, 0.2) is 0 Å². The van der Waals surface area contributed by atoms with E-state index in [9.17, 15) is 14.4 Å². The van der Waals surface area contributed by atoms with Gasteiger partial charge in [-0.15, -0.1) is 0 Å². The number of hydrogen-bond donors (Lipinski definition) is 3. The lowest BCUT2D eigenvalue weighted by Gasteiger charge is -2.24. The van der Waals surface area contributed by atoms with Crippen molar-refractivity contribution in [2.24, 2.45) is 0 Å². The van der Waals surface area contributed by atoms with Crippen molar-refractivity contribution in [3.63, 3.8) is 0 Å². The fourth-order valence-corrected chi connectivity index (χ4v) is 2.12. The van der Waals surface area contributed by atoms with Crippen LogP contribution >= 0.6 is 0 Å². The zero-order valence-electron chi connectivity index (χ0n) is 11.4. The lowest BCUT2D eigenvalue weighted by atomic mass is 10.2. The minimum Gasteiger partial charge on any atom is -0.481 e. The maximum atomic E-state index is 12.3. The van der Waals surface area contributed by atoms with Gasteiger partial charge < -0.3 is 15.7 Å². The number of nitrogens with one attached hydrogen (secondary N) is 2. The Morgan fingerprint density at radius 3 is 2.62 bits per heavy atom. The summed E-state index contributed by atoms with van der Waals surface area (Å²) in [6.07, 6.45) is 0.0947. The molecule has 2 rings (SSSR count). The summed E-state index contributed by atoms with van der Waals surface area (Å²) < 4.78 is 0. The number of rotatable bonds is 5. The molecule has 1 aliphatic heterocycles. The Hall–Kier alpha value is -2.57. The van der Waals surface area contributed by atoms with Crippen molar-refractivity contribution in [3.8, 4) is 0 Å². The van der Waals surface area contributed by atoms with Crippen LogP contribution in [0.1, 0.15) is 12.8 Å². The molecule has 1 aromatic carbocycles. The fourth-order valence-electron chi connectivity index (χ4n) is 2.12. The molecular formula is C14H17N3O4. The van der Waals surface area contributed by atoms with Gasteiger partial charge in [0.25, 0.3) is 0 Å². The highest BCUT2D eigenvalue weighted by Crippen LogP contribution is 2.14.